The number of hydrogen-bond donors (Lipinski definition) is 0. The third-order valence-corrected chi connectivity index (χ3v) is 6.95. The molecule has 0 N–H and O–H groups in total. The molecule has 0 bridgehead atoms. The third kappa shape index (κ3) is 7.39. The predicted octanol–water partition coefficient (Wildman–Crippen LogP) is 6.68. The molecule has 5 nitrogen and oxygen atoms in total. The van der Waals surface area contributed by atoms with E-state index in [1.807, 2.05) is 32.0 Å². The van der Waals surface area contributed by atoms with Crippen molar-refractivity contribution >= 4 is 17.3 Å². The van der Waals surface area contributed by atoms with Crippen molar-refractivity contribution in [2.24, 2.45) is 0 Å². The number of carbonyl (C=O) groups excluding carboxylic acids is 1. The van der Waals surface area contributed by atoms with Crippen molar-refractivity contribution in [2.45, 2.75) is 66.4 Å². The molecule has 188 valence electrons. The summed E-state index contributed by atoms with van der Waals surface area (Å²) in [6, 6.07) is 14.7. The van der Waals surface area contributed by atoms with Crippen LogP contribution in [0.2, 0.25) is 0 Å². The molecule has 0 amide bonds. The zero-order valence-electron chi connectivity index (χ0n) is 21.7. The van der Waals surface area contributed by atoms with E-state index in [2.05, 4.69) is 45.0 Å². The third-order valence-electron chi connectivity index (χ3n) is 5.89. The van der Waals surface area contributed by atoms with Gasteiger partial charge in [-0.05, 0) is 56.4 Å². The van der Waals surface area contributed by atoms with E-state index in [-0.39, 0.29) is 5.97 Å². The van der Waals surface area contributed by atoms with Crippen molar-refractivity contribution < 1.29 is 19.0 Å². The average molecular weight is 496 g/mol. The number of hydrogen-bond acceptors (Lipinski definition) is 6. The number of carbonyl (C=O) groups is 1. The minimum Gasteiger partial charge on any atom is -0.493 e. The SMILES string of the molecule is CCOC(=O)C(Cc1ccc(OCCc2nc(-c3ccc(C(C)C)cc3)sc2C)c(C)c1)OCC. The van der Waals surface area contributed by atoms with E-state index in [4.69, 9.17) is 19.2 Å². The van der Waals surface area contributed by atoms with Crippen molar-refractivity contribution in [3.8, 4) is 16.3 Å². The van der Waals surface area contributed by atoms with Crippen LogP contribution in [0.4, 0.5) is 0 Å². The van der Waals surface area contributed by atoms with E-state index in [1.54, 1.807) is 18.3 Å². The molecular formula is C29H37NO4S. The van der Waals surface area contributed by atoms with Crippen LogP contribution in [0.15, 0.2) is 42.5 Å². The summed E-state index contributed by atoms with van der Waals surface area (Å²) in [5.41, 5.74) is 5.63. The predicted molar refractivity (Wildman–Crippen MR) is 143 cm³/mol. The first-order valence-electron chi connectivity index (χ1n) is 12.4. The number of aryl methyl sites for hydroxylation is 2. The van der Waals surface area contributed by atoms with Crippen LogP contribution in [0.25, 0.3) is 10.6 Å². The second kappa shape index (κ2) is 12.8. The van der Waals surface area contributed by atoms with Crippen molar-refractivity contribution in [1.29, 1.82) is 0 Å². The van der Waals surface area contributed by atoms with Gasteiger partial charge in [0.25, 0.3) is 0 Å². The number of thiazole rings is 1. The number of nitrogens with zero attached hydrogens (tertiary/aromatic N) is 1. The maximum absolute atomic E-state index is 12.1. The molecule has 3 aromatic rings. The standard InChI is InChI=1S/C29H37NO4S/c1-7-32-27(29(31)33-8-2)18-22-9-14-26(20(5)17-22)34-16-15-25-21(6)35-28(30-25)24-12-10-23(11-13-24)19(3)4/h9-14,17,19,27H,7-8,15-16,18H2,1-6H3. The fraction of sp³-hybridized carbons (Fsp3) is 0.448. The Balaban J connectivity index is 1.59. The molecule has 1 heterocycles. The normalized spacial score (nSPS) is 12.1. The van der Waals surface area contributed by atoms with Crippen LogP contribution >= 0.6 is 11.3 Å². The van der Waals surface area contributed by atoms with Gasteiger partial charge in [0.05, 0.1) is 18.9 Å². The van der Waals surface area contributed by atoms with Crippen molar-refractivity contribution in [1.82, 2.24) is 4.98 Å². The quantitative estimate of drug-likeness (QED) is 0.262. The van der Waals surface area contributed by atoms with E-state index in [1.165, 1.54) is 10.4 Å². The first-order valence-corrected chi connectivity index (χ1v) is 13.2. The van der Waals surface area contributed by atoms with Crippen LogP contribution in [0, 0.1) is 13.8 Å². The second-order valence-electron chi connectivity index (χ2n) is 8.90. The maximum Gasteiger partial charge on any atom is 0.335 e. The van der Waals surface area contributed by atoms with E-state index >= 15 is 0 Å². The Bertz CT molecular complexity index is 1100. The lowest BCUT2D eigenvalue weighted by Gasteiger charge is -2.16. The molecule has 6 heteroatoms. The molecule has 0 aliphatic heterocycles. The van der Waals surface area contributed by atoms with Gasteiger partial charge >= 0.3 is 5.97 Å². The van der Waals surface area contributed by atoms with Gasteiger partial charge in [0.15, 0.2) is 6.10 Å². The summed E-state index contributed by atoms with van der Waals surface area (Å²) in [6.07, 6.45) is 0.643. The van der Waals surface area contributed by atoms with Crippen LogP contribution in [-0.2, 0) is 27.1 Å². The van der Waals surface area contributed by atoms with E-state index in [0.717, 1.165) is 39.6 Å². The molecule has 1 unspecified atom stereocenters. The number of aromatic nitrogens is 1. The van der Waals surface area contributed by atoms with E-state index in [9.17, 15) is 4.79 Å². The Morgan fingerprint density at radius 1 is 1.03 bits per heavy atom. The fourth-order valence-corrected chi connectivity index (χ4v) is 4.88. The minimum absolute atomic E-state index is 0.318. The van der Waals surface area contributed by atoms with Gasteiger partial charge in [0, 0.05) is 29.9 Å². The average Bonchev–Trinajstić information content (AvgIpc) is 3.20. The fourth-order valence-electron chi connectivity index (χ4n) is 3.91. The second-order valence-corrected chi connectivity index (χ2v) is 10.1. The van der Waals surface area contributed by atoms with Gasteiger partial charge in [0.1, 0.15) is 10.8 Å². The van der Waals surface area contributed by atoms with Crippen molar-refractivity contribution in [3.05, 3.63) is 69.7 Å². The molecule has 35 heavy (non-hydrogen) atoms. The van der Waals surface area contributed by atoms with Crippen LogP contribution < -0.4 is 4.74 Å². The molecule has 0 spiro atoms. The summed E-state index contributed by atoms with van der Waals surface area (Å²) in [6.45, 7) is 13.6. The number of ether oxygens (including phenoxy) is 3. The van der Waals surface area contributed by atoms with Crippen LogP contribution in [0.1, 0.15) is 60.9 Å². The minimum atomic E-state index is -0.588. The molecule has 0 aliphatic rings. The number of benzene rings is 2. The highest BCUT2D eigenvalue weighted by Gasteiger charge is 2.21. The first kappa shape index (κ1) is 26.9. The summed E-state index contributed by atoms with van der Waals surface area (Å²) in [5.74, 6) is 1.05. The summed E-state index contributed by atoms with van der Waals surface area (Å²) < 4.78 is 16.8. The maximum atomic E-state index is 12.1. The topological polar surface area (TPSA) is 57.7 Å². The summed E-state index contributed by atoms with van der Waals surface area (Å²) >= 11 is 1.73. The highest BCUT2D eigenvalue weighted by molar-refractivity contribution is 7.15. The molecule has 3 rings (SSSR count). The van der Waals surface area contributed by atoms with Gasteiger partial charge in [-0.15, -0.1) is 11.3 Å². The molecule has 0 fully saturated rings. The summed E-state index contributed by atoms with van der Waals surface area (Å²) in [7, 11) is 0. The summed E-state index contributed by atoms with van der Waals surface area (Å²) in [5, 5.41) is 1.05. The van der Waals surface area contributed by atoms with Gasteiger partial charge in [-0.3, -0.25) is 0 Å². The molecule has 1 atom stereocenters. The molecule has 2 aromatic carbocycles. The lowest BCUT2D eigenvalue weighted by atomic mass is 10.0. The molecule has 0 aliphatic carbocycles. The highest BCUT2D eigenvalue weighted by atomic mass is 32.1. The number of rotatable bonds is 12. The van der Waals surface area contributed by atoms with Gasteiger partial charge < -0.3 is 14.2 Å². The Labute approximate surface area is 213 Å². The van der Waals surface area contributed by atoms with Gasteiger partial charge in [-0.2, -0.15) is 0 Å². The summed E-state index contributed by atoms with van der Waals surface area (Å²) in [4.78, 5) is 18.3. The zero-order chi connectivity index (χ0) is 25.4. The molecule has 0 saturated carbocycles. The largest absolute Gasteiger partial charge is 0.493 e. The monoisotopic (exact) mass is 495 g/mol. The lowest BCUT2D eigenvalue weighted by Crippen LogP contribution is -2.29. The Hall–Kier alpha value is -2.70. The zero-order valence-corrected chi connectivity index (χ0v) is 22.5. The Morgan fingerprint density at radius 2 is 1.77 bits per heavy atom. The molecular weight excluding hydrogens is 458 g/mol. The van der Waals surface area contributed by atoms with Crippen LogP contribution in [0.3, 0.4) is 0 Å². The first-order chi connectivity index (χ1) is 16.8. The smallest absolute Gasteiger partial charge is 0.335 e. The van der Waals surface area contributed by atoms with Gasteiger partial charge in [-0.25, -0.2) is 9.78 Å². The van der Waals surface area contributed by atoms with E-state index < -0.39 is 6.10 Å². The Morgan fingerprint density at radius 3 is 2.40 bits per heavy atom. The van der Waals surface area contributed by atoms with Crippen molar-refractivity contribution in [2.75, 3.05) is 19.8 Å². The Kier molecular flexibility index (Phi) is 9.87. The highest BCUT2D eigenvalue weighted by Crippen LogP contribution is 2.29. The van der Waals surface area contributed by atoms with Crippen LogP contribution in [-0.4, -0.2) is 36.9 Å². The molecule has 0 radical (unpaired) electrons. The van der Waals surface area contributed by atoms with Crippen LogP contribution in [0.5, 0.6) is 5.75 Å². The van der Waals surface area contributed by atoms with E-state index in [0.29, 0.717) is 32.2 Å². The molecule has 1 aromatic heterocycles. The van der Waals surface area contributed by atoms with Gasteiger partial charge in [0.2, 0.25) is 0 Å². The van der Waals surface area contributed by atoms with Gasteiger partial charge in [-0.1, -0.05) is 50.2 Å². The number of esters is 1. The van der Waals surface area contributed by atoms with Crippen molar-refractivity contribution in [3.63, 3.8) is 0 Å². The molecule has 0 saturated heterocycles. The lowest BCUT2D eigenvalue weighted by molar-refractivity contribution is -0.156.